The van der Waals surface area contributed by atoms with E-state index in [1.807, 2.05) is 6.92 Å². The van der Waals surface area contributed by atoms with Crippen molar-refractivity contribution in [2.75, 3.05) is 13.2 Å². The Balaban J connectivity index is -0.000000261. The monoisotopic (exact) mass is 318 g/mol. The molecule has 0 spiro atoms. The minimum Gasteiger partial charge on any atom is -0.478 e. The lowest BCUT2D eigenvalue weighted by Gasteiger charge is -2.27. The van der Waals surface area contributed by atoms with E-state index in [2.05, 4.69) is 20.1 Å². The average molecular weight is 318 g/mol. The molecule has 0 unspecified atom stereocenters. The van der Waals surface area contributed by atoms with Gasteiger partial charge in [0.05, 0.1) is 13.2 Å². The Morgan fingerprint density at radius 2 is 1.18 bits per heavy atom. The standard InChI is InChI=1S/C8H18O2.2C4H6O2/c1-3-5-8(4-2,6-9)7-10;2*1-3(2)4(5)6/h9-10H,3-7H2,1-2H3;2*1H2,2H3,(H,5,6). The molecule has 6 nitrogen and oxygen atoms in total. The van der Waals surface area contributed by atoms with E-state index in [1.54, 1.807) is 0 Å². The van der Waals surface area contributed by atoms with Crippen LogP contribution >= 0.6 is 0 Å². The van der Waals surface area contributed by atoms with Gasteiger partial charge in [-0.05, 0) is 26.7 Å². The second-order valence-electron chi connectivity index (χ2n) is 5.09. The highest BCUT2D eigenvalue weighted by Crippen LogP contribution is 2.26. The maximum Gasteiger partial charge on any atom is 0.330 e. The zero-order chi connectivity index (χ0) is 18.3. The predicted octanol–water partition coefficient (Wildman–Crippen LogP) is 2.46. The van der Waals surface area contributed by atoms with Crippen LogP contribution in [0.2, 0.25) is 0 Å². The van der Waals surface area contributed by atoms with E-state index < -0.39 is 11.9 Å². The molecule has 22 heavy (non-hydrogen) atoms. The SMILES string of the molecule is C=C(C)C(=O)O.C=C(C)C(=O)O.CCCC(CC)(CO)CO. The first-order valence-corrected chi connectivity index (χ1v) is 7.02. The molecule has 0 heterocycles. The second-order valence-corrected chi connectivity index (χ2v) is 5.09. The molecule has 0 aliphatic carbocycles. The second kappa shape index (κ2) is 14.3. The van der Waals surface area contributed by atoms with Crippen molar-refractivity contribution in [3.63, 3.8) is 0 Å². The molecule has 0 saturated heterocycles. The van der Waals surface area contributed by atoms with Gasteiger partial charge in [0.2, 0.25) is 0 Å². The summed E-state index contributed by atoms with van der Waals surface area (Å²) in [6.07, 6.45) is 2.79. The molecular weight excluding hydrogens is 288 g/mol. The van der Waals surface area contributed by atoms with Crippen LogP contribution in [-0.4, -0.2) is 45.6 Å². The van der Waals surface area contributed by atoms with Crippen molar-refractivity contribution in [1.82, 2.24) is 0 Å². The van der Waals surface area contributed by atoms with Crippen LogP contribution in [0.15, 0.2) is 24.3 Å². The summed E-state index contributed by atoms with van der Waals surface area (Å²) in [5, 5.41) is 33.7. The molecule has 0 saturated carbocycles. The highest BCUT2D eigenvalue weighted by Gasteiger charge is 2.24. The van der Waals surface area contributed by atoms with Crippen molar-refractivity contribution in [3.8, 4) is 0 Å². The molecule has 0 amide bonds. The normalized spacial score (nSPS) is 9.55. The van der Waals surface area contributed by atoms with Gasteiger partial charge in [-0.3, -0.25) is 0 Å². The molecule has 0 radical (unpaired) electrons. The average Bonchev–Trinajstić information content (AvgIpc) is 2.46. The summed E-state index contributed by atoms with van der Waals surface area (Å²) in [4.78, 5) is 19.2. The van der Waals surface area contributed by atoms with Crippen LogP contribution in [0.5, 0.6) is 0 Å². The van der Waals surface area contributed by atoms with Crippen molar-refractivity contribution < 1.29 is 30.0 Å². The first kappa shape index (κ1) is 25.3. The first-order valence-electron chi connectivity index (χ1n) is 7.02. The first-order chi connectivity index (χ1) is 10.0. The van der Waals surface area contributed by atoms with Gasteiger partial charge in [-0.1, -0.05) is 33.4 Å². The van der Waals surface area contributed by atoms with Crippen LogP contribution < -0.4 is 0 Å². The number of carbonyl (C=O) groups is 2. The number of carboxylic acid groups (broad SMARTS) is 2. The molecule has 0 aromatic heterocycles. The fraction of sp³-hybridized carbons (Fsp3) is 0.625. The van der Waals surface area contributed by atoms with Crippen LogP contribution in [0.1, 0.15) is 47.0 Å². The number of carboxylic acids is 2. The molecule has 4 N–H and O–H groups in total. The minimum atomic E-state index is -0.935. The Labute approximate surface area is 132 Å². The molecule has 0 aliphatic heterocycles. The summed E-state index contributed by atoms with van der Waals surface area (Å²) < 4.78 is 0. The molecule has 0 aliphatic rings. The molecule has 6 heteroatoms. The molecular formula is C16H30O6. The van der Waals surface area contributed by atoms with Crippen molar-refractivity contribution in [2.24, 2.45) is 5.41 Å². The highest BCUT2D eigenvalue weighted by atomic mass is 16.4. The number of hydrogen-bond donors (Lipinski definition) is 4. The largest absolute Gasteiger partial charge is 0.478 e. The van der Waals surface area contributed by atoms with E-state index >= 15 is 0 Å². The summed E-state index contributed by atoms with van der Waals surface area (Å²) >= 11 is 0. The van der Waals surface area contributed by atoms with Crippen molar-refractivity contribution in [1.29, 1.82) is 0 Å². The Hall–Kier alpha value is -1.66. The van der Waals surface area contributed by atoms with Crippen LogP contribution in [0, 0.1) is 5.41 Å². The summed E-state index contributed by atoms with van der Waals surface area (Å²) in [5.41, 5.74) is 0.138. The number of aliphatic hydroxyl groups is 2. The van der Waals surface area contributed by atoms with Gasteiger partial charge in [0.15, 0.2) is 0 Å². The zero-order valence-electron chi connectivity index (χ0n) is 14.1. The molecule has 0 aromatic carbocycles. The fourth-order valence-electron chi connectivity index (χ4n) is 1.14. The van der Waals surface area contributed by atoms with E-state index in [-0.39, 0.29) is 29.8 Å². The highest BCUT2D eigenvalue weighted by molar-refractivity contribution is 5.85. The summed E-state index contributed by atoms with van der Waals surface area (Å²) in [7, 11) is 0. The summed E-state index contributed by atoms with van der Waals surface area (Å²) in [6.45, 7) is 13.5. The maximum absolute atomic E-state index is 9.60. The minimum absolute atomic E-state index is 0.105. The lowest BCUT2D eigenvalue weighted by Crippen LogP contribution is -2.28. The Bertz CT molecular complexity index is 299. The third-order valence-electron chi connectivity index (χ3n) is 2.93. The number of rotatable bonds is 7. The number of hydrogen-bond acceptors (Lipinski definition) is 4. The van der Waals surface area contributed by atoms with Crippen molar-refractivity contribution >= 4 is 11.9 Å². The van der Waals surface area contributed by atoms with E-state index in [0.29, 0.717) is 0 Å². The van der Waals surface area contributed by atoms with Crippen molar-refractivity contribution in [2.45, 2.75) is 47.0 Å². The Kier molecular flexibility index (Phi) is 16.4. The number of aliphatic hydroxyl groups excluding tert-OH is 2. The smallest absolute Gasteiger partial charge is 0.330 e. The molecule has 0 aromatic rings. The van der Waals surface area contributed by atoms with Gasteiger partial charge in [0, 0.05) is 16.6 Å². The lowest BCUT2D eigenvalue weighted by molar-refractivity contribution is -0.133. The van der Waals surface area contributed by atoms with Gasteiger partial charge in [-0.15, -0.1) is 0 Å². The van der Waals surface area contributed by atoms with Gasteiger partial charge in [-0.25, -0.2) is 9.59 Å². The predicted molar refractivity (Wildman–Crippen MR) is 86.7 cm³/mol. The van der Waals surface area contributed by atoms with Crippen LogP contribution in [0.4, 0.5) is 0 Å². The van der Waals surface area contributed by atoms with Crippen molar-refractivity contribution in [3.05, 3.63) is 24.3 Å². The Morgan fingerprint density at radius 3 is 1.23 bits per heavy atom. The van der Waals surface area contributed by atoms with Gasteiger partial charge in [0.1, 0.15) is 0 Å². The quantitative estimate of drug-likeness (QED) is 0.536. The molecule has 0 rings (SSSR count). The maximum atomic E-state index is 9.60. The van der Waals surface area contributed by atoms with Gasteiger partial charge in [-0.2, -0.15) is 0 Å². The molecule has 0 fully saturated rings. The number of aliphatic carboxylic acids is 2. The van der Waals surface area contributed by atoms with Crippen LogP contribution in [-0.2, 0) is 9.59 Å². The topological polar surface area (TPSA) is 115 Å². The molecule has 0 bridgehead atoms. The van der Waals surface area contributed by atoms with Gasteiger partial charge in [0.25, 0.3) is 0 Å². The van der Waals surface area contributed by atoms with E-state index in [1.165, 1.54) is 13.8 Å². The molecule has 0 atom stereocenters. The third-order valence-corrected chi connectivity index (χ3v) is 2.93. The lowest BCUT2D eigenvalue weighted by atomic mass is 9.83. The van der Waals surface area contributed by atoms with E-state index in [4.69, 9.17) is 20.4 Å². The third kappa shape index (κ3) is 14.7. The molecule has 130 valence electrons. The zero-order valence-corrected chi connectivity index (χ0v) is 14.1. The summed E-state index contributed by atoms with van der Waals surface area (Å²) in [5.74, 6) is -1.87. The van der Waals surface area contributed by atoms with Crippen LogP contribution in [0.25, 0.3) is 0 Å². The van der Waals surface area contributed by atoms with E-state index in [0.717, 1.165) is 19.3 Å². The van der Waals surface area contributed by atoms with E-state index in [9.17, 15) is 9.59 Å². The van der Waals surface area contributed by atoms with Crippen LogP contribution in [0.3, 0.4) is 0 Å². The Morgan fingerprint density at radius 1 is 0.909 bits per heavy atom. The van der Waals surface area contributed by atoms with Gasteiger partial charge < -0.3 is 20.4 Å². The summed E-state index contributed by atoms with van der Waals surface area (Å²) in [6, 6.07) is 0. The fourth-order valence-corrected chi connectivity index (χ4v) is 1.14. The van der Waals surface area contributed by atoms with Gasteiger partial charge >= 0.3 is 11.9 Å².